The Morgan fingerprint density at radius 1 is 1.50 bits per heavy atom. The van der Waals surface area contributed by atoms with E-state index in [1.807, 2.05) is 0 Å². The fourth-order valence-corrected chi connectivity index (χ4v) is 3.44. The molecule has 0 amide bonds. The third kappa shape index (κ3) is 0.646. The van der Waals surface area contributed by atoms with E-state index in [1.54, 1.807) is 5.57 Å². The predicted molar refractivity (Wildman–Crippen MR) is 50.8 cm³/mol. The van der Waals surface area contributed by atoms with E-state index in [-0.39, 0.29) is 0 Å². The molecule has 3 rings (SSSR count). The zero-order valence-corrected chi connectivity index (χ0v) is 7.72. The van der Waals surface area contributed by atoms with Gasteiger partial charge in [0.15, 0.2) is 0 Å². The van der Waals surface area contributed by atoms with Crippen molar-refractivity contribution >= 4 is 0 Å². The van der Waals surface area contributed by atoms with E-state index in [0.717, 1.165) is 11.8 Å². The number of allylic oxidation sites excluding steroid dienone is 4. The molecule has 0 aliphatic heterocycles. The van der Waals surface area contributed by atoms with Crippen LogP contribution in [0.1, 0.15) is 32.6 Å². The second-order valence-corrected chi connectivity index (χ2v) is 4.75. The van der Waals surface area contributed by atoms with Crippen LogP contribution >= 0.6 is 0 Å². The Balaban J connectivity index is 2.07. The molecule has 0 aromatic rings. The first-order valence-electron chi connectivity index (χ1n) is 5.22. The third-order valence-corrected chi connectivity index (χ3v) is 4.19. The quantitative estimate of drug-likeness (QED) is 0.477. The molecular formula is C12H16. The first-order valence-corrected chi connectivity index (χ1v) is 5.22. The lowest BCUT2D eigenvalue weighted by Crippen LogP contribution is -2.28. The summed E-state index contributed by atoms with van der Waals surface area (Å²) in [5.74, 6) is 1.71. The molecule has 12 heavy (non-hydrogen) atoms. The van der Waals surface area contributed by atoms with Crippen molar-refractivity contribution in [2.45, 2.75) is 32.6 Å². The SMILES string of the molecule is C[C@@H]1CCCC2=C[C@@H]3C=C[C@@]21C3. The monoisotopic (exact) mass is 160 g/mol. The minimum absolute atomic E-state index is 0.545. The van der Waals surface area contributed by atoms with E-state index in [9.17, 15) is 0 Å². The Morgan fingerprint density at radius 2 is 2.42 bits per heavy atom. The van der Waals surface area contributed by atoms with Gasteiger partial charge >= 0.3 is 0 Å². The zero-order chi connectivity index (χ0) is 8.18. The van der Waals surface area contributed by atoms with Crippen molar-refractivity contribution in [2.24, 2.45) is 17.3 Å². The van der Waals surface area contributed by atoms with Gasteiger partial charge in [0.2, 0.25) is 0 Å². The van der Waals surface area contributed by atoms with Gasteiger partial charge in [-0.3, -0.25) is 0 Å². The maximum absolute atomic E-state index is 2.54. The molecule has 0 aromatic heterocycles. The fourth-order valence-electron chi connectivity index (χ4n) is 3.44. The molecule has 0 radical (unpaired) electrons. The van der Waals surface area contributed by atoms with Crippen LogP contribution in [-0.2, 0) is 0 Å². The molecule has 1 saturated carbocycles. The standard InChI is InChI=1S/C12H16/c1-9-3-2-4-11-7-10-5-6-12(9,11)8-10/h5-7,9-10H,2-4,8H2,1H3/t9-,10+,12+/m1/s1. The van der Waals surface area contributed by atoms with Gasteiger partial charge in [-0.2, -0.15) is 0 Å². The van der Waals surface area contributed by atoms with E-state index in [4.69, 9.17) is 0 Å². The van der Waals surface area contributed by atoms with Crippen LogP contribution in [0.15, 0.2) is 23.8 Å². The molecule has 0 nitrogen and oxygen atoms in total. The molecule has 64 valence electrons. The second kappa shape index (κ2) is 2.04. The van der Waals surface area contributed by atoms with E-state index >= 15 is 0 Å². The average Bonchev–Trinajstić information content (AvgIpc) is 2.61. The van der Waals surface area contributed by atoms with E-state index in [2.05, 4.69) is 25.2 Å². The first-order chi connectivity index (χ1) is 5.81. The Kier molecular flexibility index (Phi) is 1.18. The lowest BCUT2D eigenvalue weighted by Gasteiger charge is -2.39. The molecule has 0 aromatic carbocycles. The van der Waals surface area contributed by atoms with Gasteiger partial charge < -0.3 is 0 Å². The van der Waals surface area contributed by atoms with Gasteiger partial charge in [0.25, 0.3) is 0 Å². The van der Waals surface area contributed by atoms with Crippen LogP contribution in [0.3, 0.4) is 0 Å². The summed E-state index contributed by atoms with van der Waals surface area (Å²) >= 11 is 0. The first kappa shape index (κ1) is 6.94. The Morgan fingerprint density at radius 3 is 3.17 bits per heavy atom. The lowest BCUT2D eigenvalue weighted by molar-refractivity contribution is 0.243. The molecule has 3 aliphatic carbocycles. The van der Waals surface area contributed by atoms with Gasteiger partial charge in [0.05, 0.1) is 0 Å². The molecule has 0 N–H and O–H groups in total. The van der Waals surface area contributed by atoms with Gasteiger partial charge in [-0.05, 0) is 37.5 Å². The fraction of sp³-hybridized carbons (Fsp3) is 0.667. The number of fused-ring (bicyclic) bond motifs is 1. The summed E-state index contributed by atoms with van der Waals surface area (Å²) in [7, 11) is 0. The zero-order valence-electron chi connectivity index (χ0n) is 7.72. The average molecular weight is 160 g/mol. The molecule has 0 saturated heterocycles. The van der Waals surface area contributed by atoms with Crippen LogP contribution in [-0.4, -0.2) is 0 Å². The topological polar surface area (TPSA) is 0 Å². The minimum Gasteiger partial charge on any atom is -0.0807 e. The van der Waals surface area contributed by atoms with Crippen molar-refractivity contribution in [2.75, 3.05) is 0 Å². The van der Waals surface area contributed by atoms with Crippen LogP contribution in [0.2, 0.25) is 0 Å². The van der Waals surface area contributed by atoms with Crippen LogP contribution in [0, 0.1) is 17.3 Å². The van der Waals surface area contributed by atoms with Gasteiger partial charge in [0, 0.05) is 5.41 Å². The summed E-state index contributed by atoms with van der Waals surface area (Å²) in [6.45, 7) is 2.44. The van der Waals surface area contributed by atoms with Crippen molar-refractivity contribution in [3.8, 4) is 0 Å². The van der Waals surface area contributed by atoms with Crippen molar-refractivity contribution < 1.29 is 0 Å². The molecule has 0 heteroatoms. The summed E-state index contributed by atoms with van der Waals surface area (Å²) in [4.78, 5) is 0. The van der Waals surface area contributed by atoms with E-state index in [0.29, 0.717) is 5.41 Å². The molecule has 3 atom stereocenters. The largest absolute Gasteiger partial charge is 0.0807 e. The second-order valence-electron chi connectivity index (χ2n) is 4.75. The highest BCUT2D eigenvalue weighted by molar-refractivity contribution is 5.38. The van der Waals surface area contributed by atoms with E-state index in [1.165, 1.54) is 25.7 Å². The third-order valence-electron chi connectivity index (χ3n) is 4.19. The molecular weight excluding hydrogens is 144 g/mol. The van der Waals surface area contributed by atoms with Crippen molar-refractivity contribution in [1.29, 1.82) is 0 Å². The highest BCUT2D eigenvalue weighted by Crippen LogP contribution is 2.58. The minimum atomic E-state index is 0.545. The van der Waals surface area contributed by atoms with Gasteiger partial charge in [-0.25, -0.2) is 0 Å². The highest BCUT2D eigenvalue weighted by Gasteiger charge is 2.47. The maximum atomic E-state index is 2.54. The normalized spacial score (nSPS) is 49.2. The molecule has 1 fully saturated rings. The van der Waals surface area contributed by atoms with Crippen LogP contribution in [0.5, 0.6) is 0 Å². The summed E-state index contributed by atoms with van der Waals surface area (Å²) in [6.07, 6.45) is 13.1. The van der Waals surface area contributed by atoms with Crippen molar-refractivity contribution in [3.05, 3.63) is 23.8 Å². The summed E-state index contributed by atoms with van der Waals surface area (Å²) in [6, 6.07) is 0. The number of hydrogen-bond donors (Lipinski definition) is 0. The lowest BCUT2D eigenvalue weighted by atomic mass is 9.66. The smallest absolute Gasteiger partial charge is 0.0125 e. The van der Waals surface area contributed by atoms with Gasteiger partial charge in [-0.15, -0.1) is 0 Å². The van der Waals surface area contributed by atoms with Crippen LogP contribution in [0.4, 0.5) is 0 Å². The summed E-state index contributed by atoms with van der Waals surface area (Å²) in [5, 5.41) is 0. The predicted octanol–water partition coefficient (Wildman–Crippen LogP) is 3.31. The Hall–Kier alpha value is -0.520. The van der Waals surface area contributed by atoms with Crippen LogP contribution < -0.4 is 0 Å². The molecule has 0 unspecified atom stereocenters. The Bertz CT molecular complexity index is 272. The van der Waals surface area contributed by atoms with Gasteiger partial charge in [-0.1, -0.05) is 30.7 Å². The van der Waals surface area contributed by atoms with Gasteiger partial charge in [0.1, 0.15) is 0 Å². The van der Waals surface area contributed by atoms with Crippen LogP contribution in [0.25, 0.3) is 0 Å². The highest BCUT2D eigenvalue weighted by atomic mass is 14.5. The summed E-state index contributed by atoms with van der Waals surface area (Å²) < 4.78 is 0. The maximum Gasteiger partial charge on any atom is 0.0125 e. The Labute approximate surface area is 74.4 Å². The van der Waals surface area contributed by atoms with Crippen molar-refractivity contribution in [1.82, 2.24) is 0 Å². The molecule has 2 bridgehead atoms. The van der Waals surface area contributed by atoms with Crippen molar-refractivity contribution in [3.63, 3.8) is 0 Å². The molecule has 0 heterocycles. The molecule has 1 spiro atoms. The number of rotatable bonds is 0. The van der Waals surface area contributed by atoms with E-state index < -0.39 is 0 Å². The molecule has 3 aliphatic rings. The number of hydrogen-bond acceptors (Lipinski definition) is 0. The summed E-state index contributed by atoms with van der Waals surface area (Å²) in [5.41, 5.74) is 2.32.